The summed E-state index contributed by atoms with van der Waals surface area (Å²) in [7, 11) is 1.63. The molecule has 0 unspecified atom stereocenters. The number of rotatable bonds is 8. The Morgan fingerprint density at radius 3 is 2.39 bits per heavy atom. The molecular formula is C22H30N6O3. The Morgan fingerprint density at radius 2 is 1.71 bits per heavy atom. The van der Waals surface area contributed by atoms with E-state index in [1.54, 1.807) is 7.05 Å². The number of nitrogens with zero attached hydrogens (tertiary/aromatic N) is 5. The fourth-order valence-corrected chi connectivity index (χ4v) is 4.09. The van der Waals surface area contributed by atoms with E-state index in [0.717, 1.165) is 38.5 Å². The number of hydrogen-bond acceptors (Lipinski definition) is 6. The quantitative estimate of drug-likeness (QED) is 0.536. The lowest BCUT2D eigenvalue weighted by molar-refractivity contribution is 0.116. The summed E-state index contributed by atoms with van der Waals surface area (Å²) in [5.74, 6) is 0.790. The third-order valence-corrected chi connectivity index (χ3v) is 5.83. The molecule has 9 heteroatoms. The molecule has 9 nitrogen and oxygen atoms in total. The van der Waals surface area contributed by atoms with Crippen molar-refractivity contribution in [3.8, 4) is 0 Å². The largest absolute Gasteiger partial charge is 0.380 e. The van der Waals surface area contributed by atoms with Gasteiger partial charge in [-0.1, -0.05) is 30.3 Å². The first-order valence-electron chi connectivity index (χ1n) is 10.8. The third kappa shape index (κ3) is 4.79. The molecule has 0 bridgehead atoms. The molecule has 1 saturated heterocycles. The average Bonchev–Trinajstić information content (AvgIpc) is 3.13. The van der Waals surface area contributed by atoms with Crippen LogP contribution in [0.25, 0.3) is 11.2 Å². The Hall–Kier alpha value is -2.75. The predicted octanol–water partition coefficient (Wildman–Crippen LogP) is 0.778. The van der Waals surface area contributed by atoms with Crippen molar-refractivity contribution in [1.82, 2.24) is 28.9 Å². The van der Waals surface area contributed by atoms with Crippen molar-refractivity contribution in [2.45, 2.75) is 26.6 Å². The molecule has 4 rings (SSSR count). The molecule has 31 heavy (non-hydrogen) atoms. The SMILES string of the molecule is CCOCCn1c(CN2CCN(Cc3ccccc3)CC2)nc2c1c(=O)[nH]c(=O)n2C. The normalized spacial score (nSPS) is 15.7. The predicted molar refractivity (Wildman–Crippen MR) is 119 cm³/mol. The second-order valence-electron chi connectivity index (χ2n) is 7.90. The zero-order valence-corrected chi connectivity index (χ0v) is 18.2. The van der Waals surface area contributed by atoms with Crippen molar-refractivity contribution in [3.05, 3.63) is 62.6 Å². The number of benzene rings is 1. The number of aromatic amines is 1. The van der Waals surface area contributed by atoms with Gasteiger partial charge in [0.1, 0.15) is 5.82 Å². The molecule has 3 heterocycles. The molecule has 0 spiro atoms. The van der Waals surface area contributed by atoms with Crippen molar-refractivity contribution in [2.75, 3.05) is 39.4 Å². The molecule has 0 saturated carbocycles. The van der Waals surface area contributed by atoms with Crippen molar-refractivity contribution >= 4 is 11.2 Å². The molecule has 0 amide bonds. The van der Waals surface area contributed by atoms with Gasteiger partial charge < -0.3 is 9.30 Å². The highest BCUT2D eigenvalue weighted by atomic mass is 16.5. The van der Waals surface area contributed by atoms with Gasteiger partial charge in [-0.15, -0.1) is 0 Å². The number of hydrogen-bond donors (Lipinski definition) is 1. The maximum absolute atomic E-state index is 12.5. The summed E-state index contributed by atoms with van der Waals surface area (Å²) in [6.45, 7) is 8.97. The minimum Gasteiger partial charge on any atom is -0.380 e. The Kier molecular flexibility index (Phi) is 6.64. The van der Waals surface area contributed by atoms with Crippen LogP contribution in [0.1, 0.15) is 18.3 Å². The van der Waals surface area contributed by atoms with Gasteiger partial charge in [0.25, 0.3) is 5.56 Å². The molecule has 1 aromatic carbocycles. The monoisotopic (exact) mass is 426 g/mol. The molecule has 3 aromatic rings. The van der Waals surface area contributed by atoms with Crippen LogP contribution in [0.2, 0.25) is 0 Å². The molecule has 2 aromatic heterocycles. The van der Waals surface area contributed by atoms with Crippen LogP contribution in [0.4, 0.5) is 0 Å². The van der Waals surface area contributed by atoms with E-state index in [4.69, 9.17) is 4.74 Å². The van der Waals surface area contributed by atoms with E-state index in [2.05, 4.69) is 44.0 Å². The molecule has 0 atom stereocenters. The number of aromatic nitrogens is 4. The molecule has 166 valence electrons. The summed E-state index contributed by atoms with van der Waals surface area (Å²) in [5, 5.41) is 0. The highest BCUT2D eigenvalue weighted by molar-refractivity contribution is 5.70. The number of ether oxygens (including phenoxy) is 1. The van der Waals surface area contributed by atoms with Crippen molar-refractivity contribution in [2.24, 2.45) is 7.05 Å². The van der Waals surface area contributed by atoms with Crippen LogP contribution in [0.3, 0.4) is 0 Å². The lowest BCUT2D eigenvalue weighted by Gasteiger charge is -2.34. The van der Waals surface area contributed by atoms with Crippen molar-refractivity contribution in [3.63, 3.8) is 0 Å². The van der Waals surface area contributed by atoms with Gasteiger partial charge in [0, 0.05) is 52.9 Å². The number of fused-ring (bicyclic) bond motifs is 1. The first kappa shape index (κ1) is 21.5. The Labute approximate surface area is 180 Å². The zero-order chi connectivity index (χ0) is 21.8. The topological polar surface area (TPSA) is 88.4 Å². The maximum atomic E-state index is 12.5. The van der Waals surface area contributed by atoms with Gasteiger partial charge in [-0.2, -0.15) is 0 Å². The van der Waals surface area contributed by atoms with Crippen molar-refractivity contribution in [1.29, 1.82) is 0 Å². The van der Waals surface area contributed by atoms with E-state index in [0.29, 0.717) is 37.5 Å². The summed E-state index contributed by atoms with van der Waals surface area (Å²) < 4.78 is 8.82. The Morgan fingerprint density at radius 1 is 1.03 bits per heavy atom. The van der Waals surface area contributed by atoms with Gasteiger partial charge in [-0.25, -0.2) is 9.78 Å². The molecule has 0 aliphatic carbocycles. The second-order valence-corrected chi connectivity index (χ2v) is 7.90. The first-order valence-corrected chi connectivity index (χ1v) is 10.8. The standard InChI is InChI=1S/C22H30N6O3/c1-3-31-14-13-28-18(23-20-19(28)21(29)24-22(30)25(20)2)16-27-11-9-26(10-12-27)15-17-7-5-4-6-8-17/h4-8H,3,9-16H2,1-2H3,(H,24,29,30). The molecule has 1 N–H and O–H groups in total. The van der Waals surface area contributed by atoms with E-state index < -0.39 is 11.2 Å². The van der Waals surface area contributed by atoms with Crippen LogP contribution < -0.4 is 11.2 Å². The van der Waals surface area contributed by atoms with E-state index in [-0.39, 0.29) is 0 Å². The molecular weight excluding hydrogens is 396 g/mol. The van der Waals surface area contributed by atoms with Crippen LogP contribution in [0, 0.1) is 0 Å². The highest BCUT2D eigenvalue weighted by Gasteiger charge is 2.22. The first-order chi connectivity index (χ1) is 15.1. The summed E-state index contributed by atoms with van der Waals surface area (Å²) in [4.78, 5) is 36.5. The smallest absolute Gasteiger partial charge is 0.329 e. The highest BCUT2D eigenvalue weighted by Crippen LogP contribution is 2.15. The number of aryl methyl sites for hydroxylation is 1. The second kappa shape index (κ2) is 9.59. The van der Waals surface area contributed by atoms with Gasteiger partial charge in [0.15, 0.2) is 11.2 Å². The van der Waals surface area contributed by atoms with E-state index >= 15 is 0 Å². The van der Waals surface area contributed by atoms with E-state index in [1.807, 2.05) is 17.6 Å². The number of nitrogens with one attached hydrogen (secondary N) is 1. The summed E-state index contributed by atoms with van der Waals surface area (Å²) in [6, 6.07) is 10.5. The van der Waals surface area contributed by atoms with Crippen LogP contribution >= 0.6 is 0 Å². The number of imidazole rings is 1. The lowest BCUT2D eigenvalue weighted by Crippen LogP contribution is -2.45. The number of H-pyrrole nitrogens is 1. The molecule has 0 radical (unpaired) electrons. The molecule has 1 aliphatic rings. The van der Waals surface area contributed by atoms with Gasteiger partial charge in [0.05, 0.1) is 13.2 Å². The van der Waals surface area contributed by atoms with Gasteiger partial charge in [-0.05, 0) is 12.5 Å². The van der Waals surface area contributed by atoms with Crippen molar-refractivity contribution < 1.29 is 4.74 Å². The third-order valence-electron chi connectivity index (χ3n) is 5.83. The van der Waals surface area contributed by atoms with Gasteiger partial charge in [-0.3, -0.25) is 24.1 Å². The Balaban J connectivity index is 1.50. The van der Waals surface area contributed by atoms with Crippen LogP contribution in [-0.4, -0.2) is 68.3 Å². The minimum atomic E-state index is -0.451. The molecule has 1 aliphatic heterocycles. The summed E-state index contributed by atoms with van der Waals surface area (Å²) in [5.41, 5.74) is 1.32. The molecule has 1 fully saturated rings. The maximum Gasteiger partial charge on any atom is 0.329 e. The minimum absolute atomic E-state index is 0.402. The van der Waals surface area contributed by atoms with Gasteiger partial charge >= 0.3 is 5.69 Å². The van der Waals surface area contributed by atoms with Crippen LogP contribution in [0.5, 0.6) is 0 Å². The summed E-state index contributed by atoms with van der Waals surface area (Å²) in [6.07, 6.45) is 0. The average molecular weight is 427 g/mol. The lowest BCUT2D eigenvalue weighted by atomic mass is 10.2. The van der Waals surface area contributed by atoms with E-state index in [1.165, 1.54) is 10.1 Å². The van der Waals surface area contributed by atoms with Crippen LogP contribution in [-0.2, 0) is 31.4 Å². The fourth-order valence-electron chi connectivity index (χ4n) is 4.09. The zero-order valence-electron chi connectivity index (χ0n) is 18.2. The fraction of sp³-hybridized carbons (Fsp3) is 0.500. The number of piperazine rings is 1. The Bertz CT molecular complexity index is 1130. The van der Waals surface area contributed by atoms with Gasteiger partial charge in [0.2, 0.25) is 0 Å². The van der Waals surface area contributed by atoms with Crippen LogP contribution in [0.15, 0.2) is 39.9 Å². The van der Waals surface area contributed by atoms with E-state index in [9.17, 15) is 9.59 Å². The summed E-state index contributed by atoms with van der Waals surface area (Å²) >= 11 is 0.